The minimum absolute atomic E-state index is 0.359. The first kappa shape index (κ1) is 17.3. The van der Waals surface area contributed by atoms with Gasteiger partial charge in [0.15, 0.2) is 11.5 Å². The summed E-state index contributed by atoms with van der Waals surface area (Å²) in [4.78, 5) is 12.0. The van der Waals surface area contributed by atoms with Crippen molar-refractivity contribution in [3.63, 3.8) is 0 Å². The fourth-order valence-electron chi connectivity index (χ4n) is 1.87. The summed E-state index contributed by atoms with van der Waals surface area (Å²) in [6.07, 6.45) is 1.50. The van der Waals surface area contributed by atoms with Gasteiger partial charge in [-0.3, -0.25) is 4.79 Å². The average Bonchev–Trinajstić information content (AvgIpc) is 2.56. The van der Waals surface area contributed by atoms with Crippen molar-refractivity contribution >= 4 is 39.7 Å². The van der Waals surface area contributed by atoms with Crippen molar-refractivity contribution in [1.82, 2.24) is 5.43 Å². The van der Waals surface area contributed by atoms with Crippen molar-refractivity contribution in [2.45, 2.75) is 0 Å². The van der Waals surface area contributed by atoms with E-state index in [1.54, 1.807) is 50.6 Å². The lowest BCUT2D eigenvalue weighted by Gasteiger charge is -2.10. The number of hydrogen-bond donors (Lipinski definition) is 1. The largest absolute Gasteiger partial charge is 0.493 e. The number of amides is 1. The molecule has 0 bridgehead atoms. The Morgan fingerprint density at radius 2 is 1.96 bits per heavy atom. The van der Waals surface area contributed by atoms with Crippen molar-refractivity contribution in [3.8, 4) is 11.5 Å². The van der Waals surface area contributed by atoms with Gasteiger partial charge in [-0.1, -0.05) is 23.7 Å². The van der Waals surface area contributed by atoms with Crippen LogP contribution in [0.2, 0.25) is 5.02 Å². The summed E-state index contributed by atoms with van der Waals surface area (Å²) >= 11 is 9.39. The number of halogens is 2. The number of benzene rings is 2. The molecule has 5 nitrogen and oxygen atoms in total. The van der Waals surface area contributed by atoms with Gasteiger partial charge in [-0.2, -0.15) is 5.10 Å². The number of hydrogen-bond acceptors (Lipinski definition) is 4. The molecule has 23 heavy (non-hydrogen) atoms. The molecule has 0 aliphatic heterocycles. The smallest absolute Gasteiger partial charge is 0.272 e. The van der Waals surface area contributed by atoms with Gasteiger partial charge in [-0.25, -0.2) is 5.43 Å². The fraction of sp³-hybridized carbons (Fsp3) is 0.125. The third-order valence-electron chi connectivity index (χ3n) is 3.00. The number of hydrazone groups is 1. The second-order valence-corrected chi connectivity index (χ2v) is 5.58. The molecule has 120 valence electrons. The van der Waals surface area contributed by atoms with Crippen LogP contribution in [0, 0.1) is 0 Å². The van der Waals surface area contributed by atoms with Crippen LogP contribution in [-0.4, -0.2) is 26.3 Å². The highest BCUT2D eigenvalue weighted by atomic mass is 79.9. The van der Waals surface area contributed by atoms with Crippen molar-refractivity contribution < 1.29 is 14.3 Å². The molecule has 2 aromatic carbocycles. The number of nitrogens with zero attached hydrogens (tertiary/aromatic N) is 1. The predicted molar refractivity (Wildman–Crippen MR) is 93.8 cm³/mol. The Hall–Kier alpha value is -2.05. The van der Waals surface area contributed by atoms with Crippen LogP contribution >= 0.6 is 27.5 Å². The van der Waals surface area contributed by atoms with Gasteiger partial charge in [0.1, 0.15) is 0 Å². The highest BCUT2D eigenvalue weighted by Crippen LogP contribution is 2.36. The zero-order valence-corrected chi connectivity index (χ0v) is 14.8. The van der Waals surface area contributed by atoms with Crippen molar-refractivity contribution in [2.75, 3.05) is 14.2 Å². The number of rotatable bonds is 5. The monoisotopic (exact) mass is 396 g/mol. The van der Waals surface area contributed by atoms with E-state index >= 15 is 0 Å². The maximum absolute atomic E-state index is 12.0. The van der Waals surface area contributed by atoms with Crippen LogP contribution in [-0.2, 0) is 0 Å². The van der Waals surface area contributed by atoms with Gasteiger partial charge in [0.25, 0.3) is 5.91 Å². The number of methoxy groups -OCH3 is 2. The van der Waals surface area contributed by atoms with E-state index in [0.29, 0.717) is 26.6 Å². The maximum Gasteiger partial charge on any atom is 0.272 e. The Balaban J connectivity index is 2.15. The van der Waals surface area contributed by atoms with Crippen LogP contribution in [0.15, 0.2) is 46.0 Å². The van der Waals surface area contributed by atoms with Gasteiger partial charge in [0.2, 0.25) is 0 Å². The summed E-state index contributed by atoms with van der Waals surface area (Å²) in [5.41, 5.74) is 3.52. The number of carbonyl (C=O) groups excluding carboxylic acids is 1. The Morgan fingerprint density at radius 1 is 1.22 bits per heavy atom. The molecule has 0 aliphatic rings. The second-order valence-electron chi connectivity index (χ2n) is 4.38. The van der Waals surface area contributed by atoms with E-state index in [9.17, 15) is 4.79 Å². The molecule has 0 saturated carbocycles. The summed E-state index contributed by atoms with van der Waals surface area (Å²) in [6, 6.07) is 10.3. The first-order valence-corrected chi connectivity index (χ1v) is 7.74. The summed E-state index contributed by atoms with van der Waals surface area (Å²) in [5, 5.41) is 4.31. The quantitative estimate of drug-likeness (QED) is 0.615. The van der Waals surface area contributed by atoms with Gasteiger partial charge < -0.3 is 9.47 Å². The fourth-order valence-corrected chi connectivity index (χ4v) is 2.68. The van der Waals surface area contributed by atoms with Crippen LogP contribution in [0.5, 0.6) is 11.5 Å². The van der Waals surface area contributed by atoms with E-state index in [2.05, 4.69) is 26.5 Å². The van der Waals surface area contributed by atoms with E-state index in [0.717, 1.165) is 5.56 Å². The molecule has 7 heteroatoms. The van der Waals surface area contributed by atoms with Crippen molar-refractivity contribution in [2.24, 2.45) is 5.10 Å². The molecule has 0 aliphatic carbocycles. The molecular weight excluding hydrogens is 384 g/mol. The molecule has 0 aromatic heterocycles. The van der Waals surface area contributed by atoms with Crippen molar-refractivity contribution in [1.29, 1.82) is 0 Å². The van der Waals surface area contributed by atoms with E-state index in [-0.39, 0.29) is 5.91 Å². The molecule has 1 amide bonds. The SMILES string of the molecule is COc1ccc(/C=N\NC(=O)c2ccccc2Cl)c(Br)c1OC. The molecule has 2 rings (SSSR count). The lowest BCUT2D eigenvalue weighted by molar-refractivity contribution is 0.0955. The summed E-state index contributed by atoms with van der Waals surface area (Å²) < 4.78 is 11.2. The maximum atomic E-state index is 12.0. The van der Waals surface area contributed by atoms with Crippen LogP contribution in [0.4, 0.5) is 0 Å². The number of ether oxygens (including phenoxy) is 2. The minimum atomic E-state index is -0.386. The summed E-state index contributed by atoms with van der Waals surface area (Å²) in [7, 11) is 3.10. The zero-order valence-electron chi connectivity index (χ0n) is 12.5. The third-order valence-corrected chi connectivity index (χ3v) is 4.15. The summed E-state index contributed by atoms with van der Waals surface area (Å²) in [5.74, 6) is 0.758. The van der Waals surface area contributed by atoms with Crippen LogP contribution in [0.1, 0.15) is 15.9 Å². The molecule has 0 unspecified atom stereocenters. The lowest BCUT2D eigenvalue weighted by Crippen LogP contribution is -2.18. The van der Waals surface area contributed by atoms with Crippen LogP contribution < -0.4 is 14.9 Å². The Kier molecular flexibility index (Phi) is 6.01. The second kappa shape index (κ2) is 7.99. The third kappa shape index (κ3) is 4.03. The van der Waals surface area contributed by atoms with Gasteiger partial charge in [-0.15, -0.1) is 0 Å². The molecule has 0 radical (unpaired) electrons. The zero-order chi connectivity index (χ0) is 16.8. The predicted octanol–water partition coefficient (Wildman–Crippen LogP) is 3.88. The van der Waals surface area contributed by atoms with Crippen LogP contribution in [0.3, 0.4) is 0 Å². The molecule has 0 spiro atoms. The average molecular weight is 398 g/mol. The minimum Gasteiger partial charge on any atom is -0.493 e. The van der Waals surface area contributed by atoms with Gasteiger partial charge in [0, 0.05) is 5.56 Å². The summed E-state index contributed by atoms with van der Waals surface area (Å²) in [6.45, 7) is 0. The van der Waals surface area contributed by atoms with Crippen LogP contribution in [0.25, 0.3) is 0 Å². The van der Waals surface area contributed by atoms with E-state index in [1.807, 2.05) is 0 Å². The molecule has 0 heterocycles. The Bertz CT molecular complexity index is 750. The molecule has 0 atom stereocenters. The van der Waals surface area contributed by atoms with E-state index < -0.39 is 0 Å². The normalized spacial score (nSPS) is 10.6. The van der Waals surface area contributed by atoms with Gasteiger partial charge in [0.05, 0.1) is 35.5 Å². The van der Waals surface area contributed by atoms with E-state index in [4.69, 9.17) is 21.1 Å². The number of carbonyl (C=O) groups is 1. The molecule has 1 N–H and O–H groups in total. The van der Waals surface area contributed by atoms with Crippen molar-refractivity contribution in [3.05, 3.63) is 57.0 Å². The first-order chi connectivity index (χ1) is 11.1. The van der Waals surface area contributed by atoms with Gasteiger partial charge >= 0.3 is 0 Å². The Morgan fingerprint density at radius 3 is 2.61 bits per heavy atom. The molecule has 0 fully saturated rings. The number of nitrogens with one attached hydrogen (secondary N) is 1. The first-order valence-electron chi connectivity index (χ1n) is 6.57. The standard InChI is InChI=1S/C16H14BrClN2O3/c1-22-13-8-7-10(14(17)15(13)23-2)9-19-20-16(21)11-5-3-4-6-12(11)18/h3-9H,1-2H3,(H,20,21)/b19-9-. The lowest BCUT2D eigenvalue weighted by atomic mass is 10.2. The molecule has 2 aromatic rings. The molecule has 0 saturated heterocycles. The van der Waals surface area contributed by atoms with Gasteiger partial charge in [-0.05, 0) is 40.2 Å². The van der Waals surface area contributed by atoms with E-state index in [1.165, 1.54) is 6.21 Å². The highest BCUT2D eigenvalue weighted by Gasteiger charge is 2.12. The molecular formula is C16H14BrClN2O3. The topological polar surface area (TPSA) is 59.9 Å². The Labute approximate surface area is 147 Å². The highest BCUT2D eigenvalue weighted by molar-refractivity contribution is 9.10.